The summed E-state index contributed by atoms with van der Waals surface area (Å²) in [6.07, 6.45) is 6.12. The topological polar surface area (TPSA) is 169 Å². The molecule has 4 aliphatic rings. The number of hydrogen-bond acceptors (Lipinski definition) is 9. The molecule has 2 aromatic heterocycles. The van der Waals surface area contributed by atoms with Crippen LogP contribution < -0.4 is 10.6 Å². The van der Waals surface area contributed by atoms with Crippen molar-refractivity contribution in [1.82, 2.24) is 30.0 Å². The Morgan fingerprint density at radius 2 is 1.08 bits per heavy atom. The quantitative estimate of drug-likeness (QED) is 0.0437. The van der Waals surface area contributed by atoms with E-state index in [4.69, 9.17) is 63.4 Å². The average Bonchev–Trinajstić information content (AvgIpc) is 4.09. The molecule has 4 saturated heterocycles. The molecule has 0 spiro atoms. The fourth-order valence-corrected chi connectivity index (χ4v) is 12.7. The molecule has 10 rings (SSSR count). The normalized spacial score (nSPS) is 17.7. The molecule has 13 nitrogen and oxygen atoms in total. The van der Waals surface area contributed by atoms with E-state index in [0.29, 0.717) is 42.7 Å². The molecule has 4 fully saturated rings. The molecule has 2 atom stereocenters. The van der Waals surface area contributed by atoms with Crippen molar-refractivity contribution in [3.63, 3.8) is 0 Å². The minimum absolute atomic E-state index is 0. The molecule has 0 aliphatic carbocycles. The average molecular weight is 1210 g/mol. The number of hydrogen-bond donors (Lipinski definition) is 6. The number of carboxylic acids is 2. The Morgan fingerprint density at radius 3 is 1.48 bits per heavy atom. The number of halogens is 7. The van der Waals surface area contributed by atoms with E-state index in [-0.39, 0.29) is 25.3 Å². The number of thiocarbonyl (C=S) groups is 2. The maximum Gasteiger partial charge on any atom is 0.446 e. The van der Waals surface area contributed by atoms with Crippen molar-refractivity contribution in [3.05, 3.63) is 129 Å². The second-order valence-corrected chi connectivity index (χ2v) is 22.1. The number of aromatic amines is 2. The Kier molecular flexibility index (Phi) is 24.0. The van der Waals surface area contributed by atoms with Gasteiger partial charge >= 0.3 is 18.1 Å². The number of aliphatic carboxylic acids is 2. The number of carbonyl (C=O) groups excluding carboxylic acids is 1. The summed E-state index contributed by atoms with van der Waals surface area (Å²) in [5.74, 6) is 0.00732. The number of piperidine rings is 4. The van der Waals surface area contributed by atoms with Gasteiger partial charge in [-0.25, -0.2) is 0 Å². The molecule has 0 bridgehead atoms. The molecular formula is C57H65Cl4F3N8O5S2. The lowest BCUT2D eigenvalue weighted by Crippen LogP contribution is -2.52. The molecule has 0 amide bonds. The van der Waals surface area contributed by atoms with Crippen LogP contribution in [0.1, 0.15) is 81.8 Å². The van der Waals surface area contributed by atoms with E-state index in [0.717, 1.165) is 115 Å². The van der Waals surface area contributed by atoms with Gasteiger partial charge in [-0.05, 0) is 198 Å². The fraction of sp³-hybridized carbons (Fsp3) is 0.421. The van der Waals surface area contributed by atoms with Crippen molar-refractivity contribution in [2.75, 3.05) is 57.7 Å². The van der Waals surface area contributed by atoms with Gasteiger partial charge in [-0.1, -0.05) is 90.2 Å². The molecule has 6 N–H and O–H groups in total. The van der Waals surface area contributed by atoms with E-state index >= 15 is 0 Å². The minimum atomic E-state index is -4.64. The Morgan fingerprint density at radius 1 is 0.671 bits per heavy atom. The number of nitrogens with one attached hydrogen (secondary N) is 4. The van der Waals surface area contributed by atoms with Crippen LogP contribution in [0.4, 0.5) is 24.5 Å². The molecule has 0 saturated carbocycles. The summed E-state index contributed by atoms with van der Waals surface area (Å²) in [4.78, 5) is 50.0. The lowest BCUT2D eigenvalue weighted by atomic mass is 9.84. The Bertz CT molecular complexity index is 3000. The van der Waals surface area contributed by atoms with Crippen LogP contribution >= 0.6 is 70.8 Å². The number of fused-ring (bicyclic) bond motifs is 2. The zero-order chi connectivity index (χ0) is 55.9. The van der Waals surface area contributed by atoms with E-state index in [1.54, 1.807) is 36.4 Å². The molecule has 22 heteroatoms. The maximum absolute atomic E-state index is 12.4. The second-order valence-electron chi connectivity index (χ2n) is 19.8. The molecule has 0 radical (unpaired) electrons. The molecule has 6 aromatic rings. The monoisotopic (exact) mass is 1200 g/mol. The number of isothiocyanates is 1. The summed E-state index contributed by atoms with van der Waals surface area (Å²) in [5.41, 5.74) is 6.48. The first-order valence-electron chi connectivity index (χ1n) is 25.8. The Balaban J connectivity index is 0.000000201. The van der Waals surface area contributed by atoms with E-state index in [1.807, 2.05) is 6.07 Å². The van der Waals surface area contributed by atoms with Crippen LogP contribution in [0.3, 0.4) is 0 Å². The van der Waals surface area contributed by atoms with Crippen molar-refractivity contribution < 1.29 is 37.8 Å². The number of likely N-dealkylation sites (tertiary alicyclic amines) is 3. The molecule has 4 aromatic carbocycles. The molecule has 6 heterocycles. The number of H-pyrrole nitrogens is 2. The summed E-state index contributed by atoms with van der Waals surface area (Å²) in [6.45, 7) is 6.70. The smallest absolute Gasteiger partial charge is 0.446 e. The Labute approximate surface area is 489 Å². The number of aldehydes is 1. The number of aliphatic imine (C=N–C) groups is 1. The highest BCUT2D eigenvalue weighted by Gasteiger charge is 2.39. The number of carbonyl (C=O) groups is 3. The van der Waals surface area contributed by atoms with E-state index < -0.39 is 30.4 Å². The number of aromatic nitrogens is 2. The molecule has 2 unspecified atom stereocenters. The van der Waals surface area contributed by atoms with Crippen LogP contribution in [0.2, 0.25) is 20.1 Å². The highest BCUT2D eigenvalue weighted by atomic mass is 35.5. The van der Waals surface area contributed by atoms with Gasteiger partial charge in [-0.2, -0.15) is 18.2 Å². The number of anilines is 1. The lowest BCUT2D eigenvalue weighted by molar-refractivity contribution is -0.156. The third-order valence-corrected chi connectivity index (χ3v) is 16.2. The van der Waals surface area contributed by atoms with Crippen molar-refractivity contribution in [3.8, 4) is 0 Å². The summed E-state index contributed by atoms with van der Waals surface area (Å²) in [5, 5.41) is 34.1. The fourth-order valence-electron chi connectivity index (χ4n) is 11.2. The highest BCUT2D eigenvalue weighted by Crippen LogP contribution is 2.37. The second kappa shape index (κ2) is 30.1. The number of alkyl halides is 3. The summed E-state index contributed by atoms with van der Waals surface area (Å²) in [7, 11) is 0. The molecule has 424 valence electrons. The van der Waals surface area contributed by atoms with Gasteiger partial charge in [0.15, 0.2) is 5.11 Å². The number of rotatable bonds is 10. The third kappa shape index (κ3) is 17.9. The molecule has 79 heavy (non-hydrogen) atoms. The zero-order valence-electron chi connectivity index (χ0n) is 42.5. The van der Waals surface area contributed by atoms with E-state index in [1.165, 1.54) is 27.4 Å². The lowest BCUT2D eigenvalue weighted by Gasteiger charge is -2.42. The van der Waals surface area contributed by atoms with Gasteiger partial charge in [0.05, 0.1) is 10.8 Å². The maximum atomic E-state index is 12.4. The largest absolute Gasteiger partial charge is 0.480 e. The predicted molar refractivity (Wildman–Crippen MR) is 319 cm³/mol. The van der Waals surface area contributed by atoms with Crippen LogP contribution in [0.5, 0.6) is 0 Å². The first-order valence-corrected chi connectivity index (χ1v) is 28.1. The number of nitrogens with zero attached hydrogens (tertiary/aromatic N) is 4. The van der Waals surface area contributed by atoms with Crippen LogP contribution in [0.15, 0.2) is 102 Å². The van der Waals surface area contributed by atoms with Crippen molar-refractivity contribution in [2.45, 2.75) is 88.9 Å². The van der Waals surface area contributed by atoms with Crippen molar-refractivity contribution in [1.29, 1.82) is 0 Å². The molecule has 4 aliphatic heterocycles. The van der Waals surface area contributed by atoms with Crippen molar-refractivity contribution in [2.24, 2.45) is 16.8 Å². The van der Waals surface area contributed by atoms with Crippen LogP contribution in [0, 0.1) is 11.8 Å². The number of benzene rings is 4. The SMILES string of the molecule is C.O=C(O)C(C1CCN(C(=S)Nc2cc(Cl)cc(Cl)c2)CC1)N1CCC(c2c[nH]c3ccccc23)CC1.O=C(O)C(C1CCNCC1)N1CCC(c2c[nH]c3ccccc23)CC1.O=CC(F)(F)F.S=C=Nc1cc(Cl)cc(Cl)c1. The van der Waals surface area contributed by atoms with Gasteiger partial charge in [-0.15, -0.1) is 0 Å². The van der Waals surface area contributed by atoms with Crippen LogP contribution in [0.25, 0.3) is 21.8 Å². The van der Waals surface area contributed by atoms with Gasteiger partial charge < -0.3 is 35.7 Å². The van der Waals surface area contributed by atoms with Gasteiger partial charge in [0.2, 0.25) is 6.29 Å². The van der Waals surface area contributed by atoms with Crippen molar-refractivity contribution >= 4 is 133 Å². The van der Waals surface area contributed by atoms with Gasteiger partial charge in [0.1, 0.15) is 12.1 Å². The van der Waals surface area contributed by atoms with E-state index in [9.17, 15) is 33.0 Å². The Hall–Kier alpha value is -5.11. The van der Waals surface area contributed by atoms with Crippen LogP contribution in [-0.2, 0) is 14.4 Å². The highest BCUT2D eigenvalue weighted by molar-refractivity contribution is 7.80. The number of para-hydroxylation sites is 2. The van der Waals surface area contributed by atoms with Crippen LogP contribution in [-0.4, -0.2) is 134 Å². The first kappa shape index (κ1) is 63.1. The summed E-state index contributed by atoms with van der Waals surface area (Å²) < 4.78 is 31.2. The van der Waals surface area contributed by atoms with Gasteiger partial charge in [-0.3, -0.25) is 24.2 Å². The van der Waals surface area contributed by atoms with Gasteiger partial charge in [0, 0.05) is 73.1 Å². The third-order valence-electron chi connectivity index (χ3n) is 14.8. The standard InChI is InChI=1S/C27H30Cl2N4O2S.C20H27N3O2.C7H3Cl2NS.C2HF3O.CH4/c28-19-13-20(29)15-21(14-19)31-27(36)33-11-7-18(8-12-33)25(26(34)35)32-9-5-17(6-10-32)23-16-30-24-4-2-1-3-22(23)24;24-20(25)19(15-5-9-21-10-6-15)23-11-7-14(8-12-23)17-13-22-18-4-2-1-3-16(17)18;8-5-1-6(9)3-7(2-5)10-4-11;3-2(4,5)1-6;/h1-4,13-18,25,30H,5-12H2,(H,31,36)(H,34,35);1-4,13-15,19,21-22H,5-12H2,(H,24,25);1-3H;1H;1H4. The summed E-state index contributed by atoms with van der Waals surface area (Å²) in [6, 6.07) is 26.3. The van der Waals surface area contributed by atoms with E-state index in [2.05, 4.69) is 113 Å². The van der Waals surface area contributed by atoms with Gasteiger partial charge in [0.25, 0.3) is 0 Å². The zero-order valence-corrected chi connectivity index (χ0v) is 47.1. The predicted octanol–water partition coefficient (Wildman–Crippen LogP) is 14.1. The summed E-state index contributed by atoms with van der Waals surface area (Å²) >= 11 is 33.6. The number of carboxylic acid groups (broad SMARTS) is 2. The first-order chi connectivity index (χ1) is 37.4. The molecular weight excluding hydrogens is 1140 g/mol. The minimum Gasteiger partial charge on any atom is -0.480 e.